The molecule has 0 saturated heterocycles. The monoisotopic (exact) mass is 721 g/mol. The Labute approximate surface area is 301 Å². The normalized spacial score (nSPS) is 20.2. The van der Waals surface area contributed by atoms with Gasteiger partial charge in [0.05, 0.1) is 23.4 Å². The molecule has 1 aliphatic carbocycles. The second kappa shape index (κ2) is 16.9. The maximum absolute atomic E-state index is 14.0. The molecule has 14 nitrogen and oxygen atoms in total. The molecule has 0 fully saturated rings. The Balaban J connectivity index is 1.40. The molecule has 0 unspecified atom stereocenters. The summed E-state index contributed by atoms with van der Waals surface area (Å²) in [6.45, 7) is 6.46. The Hall–Kier alpha value is -4.82. The van der Waals surface area contributed by atoms with Gasteiger partial charge in [-0.25, -0.2) is 0 Å². The lowest BCUT2D eigenvalue weighted by Crippen LogP contribution is -2.57. The highest BCUT2D eigenvalue weighted by Gasteiger charge is 2.31. The quantitative estimate of drug-likeness (QED) is 0.294. The van der Waals surface area contributed by atoms with Gasteiger partial charge in [-0.05, 0) is 55.5 Å². The van der Waals surface area contributed by atoms with Crippen LogP contribution >= 0.6 is 11.6 Å². The molecule has 3 heterocycles. The summed E-state index contributed by atoms with van der Waals surface area (Å²) in [5, 5.41) is 27.3. The number of carbonyl (C=O) groups excluding carboxylic acids is 5. The minimum absolute atomic E-state index is 0.00439. The van der Waals surface area contributed by atoms with Crippen LogP contribution in [0.5, 0.6) is 5.75 Å². The first-order chi connectivity index (χ1) is 24.4. The van der Waals surface area contributed by atoms with Crippen molar-refractivity contribution in [3.05, 3.63) is 75.6 Å². The van der Waals surface area contributed by atoms with E-state index in [1.54, 1.807) is 33.8 Å². The van der Waals surface area contributed by atoms with Gasteiger partial charge in [0.25, 0.3) is 11.8 Å². The summed E-state index contributed by atoms with van der Waals surface area (Å²) in [6.07, 6.45) is 2.60. The van der Waals surface area contributed by atoms with Gasteiger partial charge < -0.3 is 30.7 Å². The van der Waals surface area contributed by atoms with Crippen LogP contribution in [-0.2, 0) is 29.0 Å². The van der Waals surface area contributed by atoms with Gasteiger partial charge in [-0.1, -0.05) is 42.8 Å². The number of aliphatic hydroxyl groups excluding tert-OH is 1. The van der Waals surface area contributed by atoms with Crippen LogP contribution in [0, 0.1) is 5.92 Å². The van der Waals surface area contributed by atoms with Gasteiger partial charge in [0.2, 0.25) is 11.8 Å². The second-order valence-corrected chi connectivity index (χ2v) is 13.7. The molecule has 15 heteroatoms. The zero-order valence-electron chi connectivity index (χ0n) is 29.0. The Bertz CT molecular complexity index is 1780. The number of nitrogens with zero attached hydrogens (tertiary/aromatic N) is 4. The third-order valence-corrected chi connectivity index (χ3v) is 9.17. The number of aryl methyl sites for hydroxylation is 1. The predicted molar refractivity (Wildman–Crippen MR) is 188 cm³/mol. The molecule has 0 saturated carbocycles. The SMILES string of the molecule is CC(C)C[C@H]1NC(=O)[C@H]([C@@H](C)O)NC(=O)c2ccc(c(Cl)c2)OCCCn2cc(nn2)CCN(C(=O)c2cccc3c2CCC3=O)CCNC1=O. The smallest absolute Gasteiger partial charge is 0.254 e. The molecule has 272 valence electrons. The molecule has 6 rings (SSSR count). The fraction of sp³-hybridized carbons (Fsp3) is 0.472. The summed E-state index contributed by atoms with van der Waals surface area (Å²) >= 11 is 6.42. The van der Waals surface area contributed by atoms with Crippen LogP contribution in [0.3, 0.4) is 0 Å². The first-order valence-electron chi connectivity index (χ1n) is 17.2. The number of hydrogen-bond donors (Lipinski definition) is 4. The highest BCUT2D eigenvalue weighted by Crippen LogP contribution is 2.27. The number of ketones is 1. The summed E-state index contributed by atoms with van der Waals surface area (Å²) in [7, 11) is 0. The van der Waals surface area contributed by atoms with Crippen molar-refractivity contribution < 1.29 is 33.8 Å². The number of carbonyl (C=O) groups is 5. The number of hydrogen-bond acceptors (Lipinski definition) is 9. The maximum Gasteiger partial charge on any atom is 0.254 e. The first-order valence-corrected chi connectivity index (χ1v) is 17.6. The van der Waals surface area contributed by atoms with E-state index in [0.717, 1.165) is 5.56 Å². The fourth-order valence-electron chi connectivity index (χ4n) is 6.19. The standard InChI is InChI=1S/C36H44ClN7O7/c1-21(2)18-29-34(48)38-13-16-43(36(50)27-7-4-6-26-25(27)9-10-30(26)46)15-12-24-20-44(42-41-24)14-5-17-51-31-11-8-23(19-28(31)37)33(47)40-32(22(3)45)35(49)39-29/h4,6-8,11,19-22,29,32,45H,5,9-10,12-18H2,1-3H3,(H,38,48)(H,39,49)(H,40,47)/t22-,29-,32+/m1/s1. The Morgan fingerprint density at radius 2 is 1.82 bits per heavy atom. The van der Waals surface area contributed by atoms with E-state index >= 15 is 0 Å². The molecule has 1 aromatic heterocycles. The second-order valence-electron chi connectivity index (χ2n) is 13.3. The number of ether oxygens (including phenoxy) is 1. The summed E-state index contributed by atoms with van der Waals surface area (Å²) in [4.78, 5) is 68.1. The van der Waals surface area contributed by atoms with Crippen LogP contribution in [0.15, 0.2) is 42.6 Å². The molecule has 3 atom stereocenters. The van der Waals surface area contributed by atoms with Crippen molar-refractivity contribution in [2.75, 3.05) is 26.2 Å². The van der Waals surface area contributed by atoms with Gasteiger partial charge in [-0.2, -0.15) is 0 Å². The van der Waals surface area contributed by atoms with Gasteiger partial charge >= 0.3 is 0 Å². The van der Waals surface area contributed by atoms with E-state index in [9.17, 15) is 29.1 Å². The molecule has 51 heavy (non-hydrogen) atoms. The van der Waals surface area contributed by atoms with Crippen molar-refractivity contribution in [2.45, 2.75) is 77.6 Å². The third-order valence-electron chi connectivity index (χ3n) is 8.88. The van der Waals surface area contributed by atoms with E-state index in [0.29, 0.717) is 61.4 Å². The van der Waals surface area contributed by atoms with Gasteiger partial charge in [-0.15, -0.1) is 5.10 Å². The Morgan fingerprint density at radius 3 is 2.57 bits per heavy atom. The number of benzene rings is 2. The summed E-state index contributed by atoms with van der Waals surface area (Å²) in [5.41, 5.74) is 2.56. The molecule has 3 aromatic rings. The largest absolute Gasteiger partial charge is 0.492 e. The number of aliphatic hydroxyl groups is 1. The Morgan fingerprint density at radius 1 is 1.02 bits per heavy atom. The number of aromatic nitrogens is 3. The molecule has 4 amide bonds. The number of amides is 4. The molecule has 2 aliphatic heterocycles. The summed E-state index contributed by atoms with van der Waals surface area (Å²) in [6, 6.07) is 7.27. The maximum atomic E-state index is 14.0. The lowest BCUT2D eigenvalue weighted by atomic mass is 10.0. The molecular weight excluding hydrogens is 678 g/mol. The van der Waals surface area contributed by atoms with Crippen LogP contribution in [-0.4, -0.2) is 98.8 Å². The van der Waals surface area contributed by atoms with E-state index in [4.69, 9.17) is 16.3 Å². The van der Waals surface area contributed by atoms with Gasteiger partial charge in [0.1, 0.15) is 17.8 Å². The molecule has 3 aliphatic rings. The van der Waals surface area contributed by atoms with E-state index in [-0.39, 0.29) is 54.2 Å². The van der Waals surface area contributed by atoms with Crippen LogP contribution in [0.25, 0.3) is 0 Å². The minimum atomic E-state index is -1.37. The number of fused-ring (bicyclic) bond motifs is 18. The van der Waals surface area contributed by atoms with E-state index in [1.807, 2.05) is 20.0 Å². The lowest BCUT2D eigenvalue weighted by molar-refractivity contribution is -0.131. The predicted octanol–water partition coefficient (Wildman–Crippen LogP) is 2.35. The zero-order chi connectivity index (χ0) is 36.7. The van der Waals surface area contributed by atoms with Crippen LogP contribution in [0.4, 0.5) is 0 Å². The van der Waals surface area contributed by atoms with Crippen LogP contribution in [0.1, 0.15) is 82.4 Å². The molecule has 0 radical (unpaired) electrons. The number of rotatable bonds is 4. The van der Waals surface area contributed by atoms with Crippen molar-refractivity contribution in [1.82, 2.24) is 35.8 Å². The number of Topliss-reactive ketones (excluding diaryl/α,β-unsaturated/α-hetero) is 1. The van der Waals surface area contributed by atoms with Crippen molar-refractivity contribution in [3.63, 3.8) is 0 Å². The van der Waals surface area contributed by atoms with Gasteiger partial charge in [0, 0.05) is 68.3 Å². The molecule has 4 N–H and O–H groups in total. The average molecular weight is 722 g/mol. The zero-order valence-corrected chi connectivity index (χ0v) is 29.7. The Kier molecular flexibility index (Phi) is 12.4. The molecule has 0 spiro atoms. The first kappa shape index (κ1) is 37.4. The highest BCUT2D eigenvalue weighted by molar-refractivity contribution is 6.32. The van der Waals surface area contributed by atoms with E-state index in [2.05, 4.69) is 26.3 Å². The minimum Gasteiger partial charge on any atom is -0.492 e. The van der Waals surface area contributed by atoms with Crippen molar-refractivity contribution in [3.8, 4) is 5.75 Å². The number of nitrogens with one attached hydrogen (secondary N) is 3. The van der Waals surface area contributed by atoms with E-state index in [1.165, 1.54) is 19.1 Å². The van der Waals surface area contributed by atoms with Crippen molar-refractivity contribution in [2.24, 2.45) is 5.92 Å². The third kappa shape index (κ3) is 9.50. The molecule has 4 bridgehead atoms. The average Bonchev–Trinajstić information content (AvgIpc) is 3.72. The fourth-order valence-corrected chi connectivity index (χ4v) is 6.42. The van der Waals surface area contributed by atoms with Gasteiger partial charge in [-0.3, -0.25) is 28.7 Å². The van der Waals surface area contributed by atoms with E-state index < -0.39 is 35.9 Å². The molecule has 2 aromatic carbocycles. The summed E-state index contributed by atoms with van der Waals surface area (Å²) in [5.74, 6) is -1.76. The van der Waals surface area contributed by atoms with Crippen molar-refractivity contribution >= 4 is 41.0 Å². The highest BCUT2D eigenvalue weighted by atomic mass is 35.5. The lowest BCUT2D eigenvalue weighted by Gasteiger charge is -2.27. The number of halogens is 1. The van der Waals surface area contributed by atoms with Gasteiger partial charge in [0.15, 0.2) is 5.78 Å². The van der Waals surface area contributed by atoms with Crippen LogP contribution < -0.4 is 20.7 Å². The molecular formula is C36H44ClN7O7. The topological polar surface area (TPSA) is 185 Å². The summed E-state index contributed by atoms with van der Waals surface area (Å²) < 4.78 is 7.52. The van der Waals surface area contributed by atoms with Crippen molar-refractivity contribution in [1.29, 1.82) is 0 Å². The van der Waals surface area contributed by atoms with Crippen LogP contribution in [0.2, 0.25) is 5.02 Å².